The van der Waals surface area contributed by atoms with Gasteiger partial charge in [0, 0.05) is 11.6 Å². The third-order valence-electron chi connectivity index (χ3n) is 2.89. The zero-order valence-corrected chi connectivity index (χ0v) is 10.9. The first-order valence-electron chi connectivity index (χ1n) is 6.16. The first-order valence-corrected chi connectivity index (χ1v) is 6.16. The summed E-state index contributed by atoms with van der Waals surface area (Å²) in [6.45, 7) is 4.88. The van der Waals surface area contributed by atoms with E-state index in [1.165, 1.54) is 6.07 Å². The van der Waals surface area contributed by atoms with Crippen molar-refractivity contribution in [2.75, 3.05) is 13.7 Å². The Kier molecular flexibility index (Phi) is 5.42. The van der Waals surface area contributed by atoms with Gasteiger partial charge >= 0.3 is 0 Å². The number of halogens is 1. The van der Waals surface area contributed by atoms with E-state index in [0.29, 0.717) is 18.2 Å². The Morgan fingerprint density at radius 2 is 2.00 bits per heavy atom. The number of methoxy groups -OCH3 is 1. The summed E-state index contributed by atoms with van der Waals surface area (Å²) in [4.78, 5) is 0. The first-order chi connectivity index (χ1) is 8.10. The number of ether oxygens (including phenoxy) is 1. The highest BCUT2D eigenvalue weighted by Gasteiger charge is 2.14. The summed E-state index contributed by atoms with van der Waals surface area (Å²) in [5.41, 5.74) is 7.64. The second-order valence-corrected chi connectivity index (χ2v) is 4.58. The van der Waals surface area contributed by atoms with Crippen LogP contribution in [-0.2, 0) is 6.42 Å². The monoisotopic (exact) mass is 239 g/mol. The van der Waals surface area contributed by atoms with Gasteiger partial charge in [-0.05, 0) is 43.4 Å². The van der Waals surface area contributed by atoms with Crippen LogP contribution in [0.3, 0.4) is 0 Å². The number of aryl methyl sites for hydroxylation is 1. The molecule has 0 aliphatic heterocycles. The van der Waals surface area contributed by atoms with E-state index in [9.17, 15) is 4.39 Å². The molecule has 0 fully saturated rings. The van der Waals surface area contributed by atoms with Gasteiger partial charge in [0.05, 0.1) is 7.11 Å². The molecule has 0 aliphatic carbocycles. The van der Waals surface area contributed by atoms with Crippen molar-refractivity contribution in [1.82, 2.24) is 0 Å². The number of hydrogen-bond donors (Lipinski definition) is 1. The molecule has 0 unspecified atom stereocenters. The molecule has 0 aliphatic rings. The van der Waals surface area contributed by atoms with Crippen LogP contribution in [0.15, 0.2) is 12.1 Å². The zero-order valence-electron chi connectivity index (χ0n) is 10.9. The van der Waals surface area contributed by atoms with Crippen molar-refractivity contribution < 1.29 is 9.13 Å². The van der Waals surface area contributed by atoms with E-state index in [4.69, 9.17) is 10.5 Å². The second-order valence-electron chi connectivity index (χ2n) is 4.58. The maximum atomic E-state index is 13.5. The third-order valence-corrected chi connectivity index (χ3v) is 2.89. The highest BCUT2D eigenvalue weighted by molar-refractivity contribution is 5.43. The normalized spacial score (nSPS) is 10.9. The van der Waals surface area contributed by atoms with Crippen LogP contribution in [0.1, 0.15) is 43.7 Å². The van der Waals surface area contributed by atoms with Crippen molar-refractivity contribution in [3.63, 3.8) is 0 Å². The molecule has 1 rings (SSSR count). The maximum Gasteiger partial charge on any atom is 0.127 e. The van der Waals surface area contributed by atoms with E-state index < -0.39 is 0 Å². The minimum Gasteiger partial charge on any atom is -0.496 e. The lowest BCUT2D eigenvalue weighted by Crippen LogP contribution is -2.04. The minimum atomic E-state index is -0.228. The Morgan fingerprint density at radius 3 is 2.53 bits per heavy atom. The number of hydrogen-bond acceptors (Lipinski definition) is 2. The summed E-state index contributed by atoms with van der Waals surface area (Å²) < 4.78 is 18.7. The van der Waals surface area contributed by atoms with E-state index >= 15 is 0 Å². The lowest BCUT2D eigenvalue weighted by atomic mass is 9.93. The van der Waals surface area contributed by atoms with Crippen molar-refractivity contribution >= 4 is 0 Å². The highest BCUT2D eigenvalue weighted by Crippen LogP contribution is 2.31. The van der Waals surface area contributed by atoms with Crippen molar-refractivity contribution in [2.24, 2.45) is 5.73 Å². The Bertz CT molecular complexity index is 363. The average molecular weight is 239 g/mol. The number of benzene rings is 1. The van der Waals surface area contributed by atoms with Crippen LogP contribution in [0.25, 0.3) is 0 Å². The SMILES string of the molecule is COc1cc(F)cc(CCCCN)c1C(C)C. The number of unbranched alkanes of at least 4 members (excludes halogenated alkanes) is 1. The van der Waals surface area contributed by atoms with Crippen LogP contribution in [0.2, 0.25) is 0 Å². The molecule has 0 saturated heterocycles. The van der Waals surface area contributed by atoms with Crippen LogP contribution >= 0.6 is 0 Å². The molecular weight excluding hydrogens is 217 g/mol. The second kappa shape index (κ2) is 6.60. The van der Waals surface area contributed by atoms with Crippen molar-refractivity contribution in [1.29, 1.82) is 0 Å². The summed E-state index contributed by atoms with van der Waals surface area (Å²) in [6, 6.07) is 3.08. The molecule has 0 heterocycles. The van der Waals surface area contributed by atoms with E-state index in [-0.39, 0.29) is 5.82 Å². The highest BCUT2D eigenvalue weighted by atomic mass is 19.1. The molecule has 0 aromatic heterocycles. The van der Waals surface area contributed by atoms with Gasteiger partial charge in [-0.3, -0.25) is 0 Å². The van der Waals surface area contributed by atoms with E-state index in [2.05, 4.69) is 13.8 Å². The molecule has 1 aromatic carbocycles. The molecule has 1 aromatic rings. The predicted molar refractivity (Wildman–Crippen MR) is 69.0 cm³/mol. The van der Waals surface area contributed by atoms with Crippen LogP contribution in [-0.4, -0.2) is 13.7 Å². The molecule has 0 bridgehead atoms. The molecule has 0 atom stereocenters. The van der Waals surface area contributed by atoms with Crippen molar-refractivity contribution in [3.8, 4) is 5.75 Å². The van der Waals surface area contributed by atoms with Crippen LogP contribution < -0.4 is 10.5 Å². The topological polar surface area (TPSA) is 35.2 Å². The molecule has 3 heteroatoms. The van der Waals surface area contributed by atoms with Gasteiger partial charge in [0.2, 0.25) is 0 Å². The van der Waals surface area contributed by atoms with Gasteiger partial charge in [0.15, 0.2) is 0 Å². The average Bonchev–Trinajstić information content (AvgIpc) is 2.28. The van der Waals surface area contributed by atoms with Crippen LogP contribution in [0.5, 0.6) is 5.75 Å². The lowest BCUT2D eigenvalue weighted by molar-refractivity contribution is 0.402. The number of nitrogens with two attached hydrogens (primary N) is 1. The molecular formula is C14H22FNO. The molecule has 0 saturated carbocycles. The van der Waals surface area contributed by atoms with E-state index in [1.54, 1.807) is 13.2 Å². The van der Waals surface area contributed by atoms with Gasteiger partial charge in [-0.2, -0.15) is 0 Å². The summed E-state index contributed by atoms with van der Waals surface area (Å²) in [5, 5.41) is 0. The fourth-order valence-corrected chi connectivity index (χ4v) is 2.14. The van der Waals surface area contributed by atoms with Gasteiger partial charge in [0.25, 0.3) is 0 Å². The number of rotatable bonds is 6. The van der Waals surface area contributed by atoms with Gasteiger partial charge in [-0.1, -0.05) is 13.8 Å². The molecule has 0 spiro atoms. The Hall–Kier alpha value is -1.09. The minimum absolute atomic E-state index is 0.228. The van der Waals surface area contributed by atoms with Gasteiger partial charge in [-0.15, -0.1) is 0 Å². The molecule has 96 valence electrons. The molecule has 17 heavy (non-hydrogen) atoms. The standard InChI is InChI=1S/C14H22FNO/c1-10(2)14-11(6-4-5-7-16)8-12(15)9-13(14)17-3/h8-10H,4-7,16H2,1-3H3. The quantitative estimate of drug-likeness (QED) is 0.773. The van der Waals surface area contributed by atoms with Crippen LogP contribution in [0.4, 0.5) is 4.39 Å². The van der Waals surface area contributed by atoms with Crippen LogP contribution in [0, 0.1) is 5.82 Å². The van der Waals surface area contributed by atoms with E-state index in [1.807, 2.05) is 0 Å². The Balaban J connectivity index is 3.03. The van der Waals surface area contributed by atoms with Gasteiger partial charge in [0.1, 0.15) is 11.6 Å². The van der Waals surface area contributed by atoms with Gasteiger partial charge < -0.3 is 10.5 Å². The predicted octanol–water partition coefficient (Wildman–Crippen LogP) is 3.24. The molecule has 2 nitrogen and oxygen atoms in total. The third kappa shape index (κ3) is 3.70. The molecule has 2 N–H and O–H groups in total. The summed E-state index contributed by atoms with van der Waals surface area (Å²) in [6.07, 6.45) is 2.82. The lowest BCUT2D eigenvalue weighted by Gasteiger charge is -2.17. The summed E-state index contributed by atoms with van der Waals surface area (Å²) in [7, 11) is 1.59. The molecule has 0 amide bonds. The van der Waals surface area contributed by atoms with Gasteiger partial charge in [-0.25, -0.2) is 4.39 Å². The maximum absolute atomic E-state index is 13.5. The first kappa shape index (κ1) is 14.0. The van der Waals surface area contributed by atoms with Crippen molar-refractivity contribution in [3.05, 3.63) is 29.1 Å². The fraction of sp³-hybridized carbons (Fsp3) is 0.571. The zero-order chi connectivity index (χ0) is 12.8. The van der Waals surface area contributed by atoms with E-state index in [0.717, 1.165) is 30.4 Å². The Labute approximate surface area is 103 Å². The fourth-order valence-electron chi connectivity index (χ4n) is 2.14. The van der Waals surface area contributed by atoms with Crippen molar-refractivity contribution in [2.45, 2.75) is 39.0 Å². The summed E-state index contributed by atoms with van der Waals surface area (Å²) >= 11 is 0. The molecule has 0 radical (unpaired) electrons. The Morgan fingerprint density at radius 1 is 1.29 bits per heavy atom. The summed E-state index contributed by atoms with van der Waals surface area (Å²) in [5.74, 6) is 0.759. The smallest absolute Gasteiger partial charge is 0.127 e. The largest absolute Gasteiger partial charge is 0.496 e.